The van der Waals surface area contributed by atoms with E-state index in [0.717, 1.165) is 5.56 Å². The first-order valence-corrected chi connectivity index (χ1v) is 9.01. The Morgan fingerprint density at radius 3 is 2.43 bits per heavy atom. The largest absolute Gasteiger partial charge is 0.478 e. The number of nitrogens with one attached hydrogen (secondary N) is 1. The second-order valence-corrected chi connectivity index (χ2v) is 6.78. The summed E-state index contributed by atoms with van der Waals surface area (Å²) in [5.41, 5.74) is 2.55. The highest BCUT2D eigenvalue weighted by Gasteiger charge is 2.16. The molecule has 2 N–H and O–H groups in total. The minimum absolute atomic E-state index is 0.113. The number of rotatable bonds is 6. The number of carboxylic acid groups (broad SMARTS) is 1. The van der Waals surface area contributed by atoms with Crippen molar-refractivity contribution in [2.75, 3.05) is 17.3 Å². The fourth-order valence-corrected chi connectivity index (χ4v) is 3.08. The minimum atomic E-state index is -1.06. The van der Waals surface area contributed by atoms with Crippen LogP contribution in [0.25, 0.3) is 0 Å². The van der Waals surface area contributed by atoms with E-state index >= 15 is 0 Å². The zero-order chi connectivity index (χ0) is 20.1. The Balaban J connectivity index is 1.82. The number of hydrogen-bond acceptors (Lipinski definition) is 3. The Labute approximate surface area is 168 Å². The molecule has 0 atom stereocenters. The summed E-state index contributed by atoms with van der Waals surface area (Å²) in [6.45, 7) is 0.565. The maximum Gasteiger partial charge on any atom is 0.337 e. The molecule has 6 heteroatoms. The molecule has 3 aromatic carbocycles. The maximum atomic E-state index is 12.4. The van der Waals surface area contributed by atoms with E-state index in [-0.39, 0.29) is 11.5 Å². The molecule has 0 saturated heterocycles. The number of carbonyl (C=O) groups is 2. The van der Waals surface area contributed by atoms with Gasteiger partial charge in [0.25, 0.3) is 5.91 Å². The smallest absolute Gasteiger partial charge is 0.337 e. The molecule has 0 aliphatic heterocycles. The van der Waals surface area contributed by atoms with Gasteiger partial charge in [0.2, 0.25) is 0 Å². The number of benzene rings is 3. The molecule has 28 heavy (non-hydrogen) atoms. The lowest BCUT2D eigenvalue weighted by Crippen LogP contribution is -2.20. The van der Waals surface area contributed by atoms with Gasteiger partial charge in [0, 0.05) is 29.9 Å². The van der Waals surface area contributed by atoms with Crippen LogP contribution in [0.1, 0.15) is 26.3 Å². The summed E-state index contributed by atoms with van der Waals surface area (Å²) in [5.74, 6) is -1.42. The SMILES string of the molecule is CN(Cc1ccccc1)c1ccc(NC(=O)c2cccc(Cl)c2)cc1C(=O)O. The first-order chi connectivity index (χ1) is 13.4. The molecule has 0 radical (unpaired) electrons. The van der Waals surface area contributed by atoms with Crippen molar-refractivity contribution in [1.82, 2.24) is 0 Å². The van der Waals surface area contributed by atoms with Crippen LogP contribution in [0, 0.1) is 0 Å². The summed E-state index contributed by atoms with van der Waals surface area (Å²) >= 11 is 5.92. The molecule has 0 saturated carbocycles. The van der Waals surface area contributed by atoms with Gasteiger partial charge in [-0.2, -0.15) is 0 Å². The molecular weight excluding hydrogens is 376 g/mol. The number of carboxylic acids is 1. The van der Waals surface area contributed by atoms with Crippen molar-refractivity contribution in [3.05, 3.63) is 94.5 Å². The highest BCUT2D eigenvalue weighted by molar-refractivity contribution is 6.31. The first-order valence-electron chi connectivity index (χ1n) is 8.63. The first kappa shape index (κ1) is 19.5. The van der Waals surface area contributed by atoms with Gasteiger partial charge in [0.15, 0.2) is 0 Å². The molecule has 3 aromatic rings. The molecule has 1 amide bonds. The predicted molar refractivity (Wildman–Crippen MR) is 111 cm³/mol. The van der Waals surface area contributed by atoms with Crippen LogP contribution >= 0.6 is 11.6 Å². The van der Waals surface area contributed by atoms with Crippen molar-refractivity contribution in [3.8, 4) is 0 Å². The van der Waals surface area contributed by atoms with Crippen LogP contribution in [0.3, 0.4) is 0 Å². The average Bonchev–Trinajstić information content (AvgIpc) is 2.68. The Hall–Kier alpha value is -3.31. The normalized spacial score (nSPS) is 10.4. The standard InChI is InChI=1S/C22H19ClN2O3/c1-25(14-15-6-3-2-4-7-15)20-11-10-18(13-19(20)22(27)28)24-21(26)16-8-5-9-17(23)12-16/h2-13H,14H2,1H3,(H,24,26)(H,27,28). The molecule has 0 aliphatic carbocycles. The van der Waals surface area contributed by atoms with Crippen molar-refractivity contribution in [2.24, 2.45) is 0 Å². The molecule has 0 aliphatic rings. The van der Waals surface area contributed by atoms with Gasteiger partial charge in [0.1, 0.15) is 0 Å². The Kier molecular flexibility index (Phi) is 5.96. The summed E-state index contributed by atoms with van der Waals surface area (Å²) < 4.78 is 0. The van der Waals surface area contributed by atoms with E-state index < -0.39 is 5.97 Å². The van der Waals surface area contributed by atoms with Crippen molar-refractivity contribution in [2.45, 2.75) is 6.54 Å². The molecule has 0 bridgehead atoms. The summed E-state index contributed by atoms with van der Waals surface area (Å²) in [4.78, 5) is 26.0. The molecule has 0 unspecified atom stereocenters. The van der Waals surface area contributed by atoms with Gasteiger partial charge in [-0.3, -0.25) is 4.79 Å². The lowest BCUT2D eigenvalue weighted by Gasteiger charge is -2.22. The topological polar surface area (TPSA) is 69.6 Å². The van der Waals surface area contributed by atoms with Crippen molar-refractivity contribution >= 4 is 34.9 Å². The van der Waals surface area contributed by atoms with Gasteiger partial charge in [-0.05, 0) is 42.0 Å². The van der Waals surface area contributed by atoms with E-state index in [1.807, 2.05) is 42.3 Å². The van der Waals surface area contributed by atoms with Crippen LogP contribution in [0.15, 0.2) is 72.8 Å². The molecule has 3 rings (SSSR count). The Morgan fingerprint density at radius 1 is 1.00 bits per heavy atom. The third kappa shape index (κ3) is 4.69. The number of aromatic carboxylic acids is 1. The Bertz CT molecular complexity index is 1010. The van der Waals surface area contributed by atoms with Crippen molar-refractivity contribution < 1.29 is 14.7 Å². The summed E-state index contributed by atoms with van der Waals surface area (Å²) in [7, 11) is 1.83. The molecule has 142 valence electrons. The zero-order valence-electron chi connectivity index (χ0n) is 15.2. The fraction of sp³-hybridized carbons (Fsp3) is 0.0909. The van der Waals surface area contributed by atoms with Crippen LogP contribution < -0.4 is 10.2 Å². The van der Waals surface area contributed by atoms with E-state index in [0.29, 0.717) is 28.5 Å². The molecular formula is C22H19ClN2O3. The van der Waals surface area contributed by atoms with Crippen LogP contribution in [0.5, 0.6) is 0 Å². The summed E-state index contributed by atoms with van der Waals surface area (Å²) in [6.07, 6.45) is 0. The number of amides is 1. The van der Waals surface area contributed by atoms with Crippen LogP contribution in [-0.2, 0) is 6.54 Å². The van der Waals surface area contributed by atoms with Gasteiger partial charge in [0.05, 0.1) is 11.3 Å². The van der Waals surface area contributed by atoms with E-state index in [2.05, 4.69) is 5.32 Å². The highest BCUT2D eigenvalue weighted by Crippen LogP contribution is 2.25. The van der Waals surface area contributed by atoms with Crippen LogP contribution in [-0.4, -0.2) is 24.0 Å². The lowest BCUT2D eigenvalue weighted by atomic mass is 10.1. The number of halogens is 1. The molecule has 5 nitrogen and oxygen atoms in total. The zero-order valence-corrected chi connectivity index (χ0v) is 16.0. The quantitative estimate of drug-likeness (QED) is 0.622. The molecule has 0 aromatic heterocycles. The Morgan fingerprint density at radius 2 is 1.75 bits per heavy atom. The fourth-order valence-electron chi connectivity index (χ4n) is 2.89. The number of nitrogens with zero attached hydrogens (tertiary/aromatic N) is 1. The predicted octanol–water partition coefficient (Wildman–Crippen LogP) is 4.93. The van der Waals surface area contributed by atoms with E-state index in [1.54, 1.807) is 36.4 Å². The number of hydrogen-bond donors (Lipinski definition) is 2. The number of carbonyl (C=O) groups excluding carboxylic acids is 1. The van der Waals surface area contributed by atoms with Crippen molar-refractivity contribution in [3.63, 3.8) is 0 Å². The van der Waals surface area contributed by atoms with Gasteiger partial charge in [-0.15, -0.1) is 0 Å². The van der Waals surface area contributed by atoms with Gasteiger partial charge in [-0.1, -0.05) is 48.0 Å². The lowest BCUT2D eigenvalue weighted by molar-refractivity contribution is 0.0697. The maximum absolute atomic E-state index is 12.4. The monoisotopic (exact) mass is 394 g/mol. The van der Waals surface area contributed by atoms with Crippen LogP contribution in [0.4, 0.5) is 11.4 Å². The molecule has 0 spiro atoms. The third-order valence-corrected chi connectivity index (χ3v) is 4.48. The van der Waals surface area contributed by atoms with Gasteiger partial charge >= 0.3 is 5.97 Å². The van der Waals surface area contributed by atoms with Gasteiger partial charge < -0.3 is 15.3 Å². The molecule has 0 fully saturated rings. The minimum Gasteiger partial charge on any atom is -0.478 e. The van der Waals surface area contributed by atoms with E-state index in [4.69, 9.17) is 11.6 Å². The second-order valence-electron chi connectivity index (χ2n) is 6.34. The summed E-state index contributed by atoms with van der Waals surface area (Å²) in [6, 6.07) is 21.2. The summed E-state index contributed by atoms with van der Waals surface area (Å²) in [5, 5.41) is 12.8. The number of anilines is 2. The van der Waals surface area contributed by atoms with E-state index in [1.165, 1.54) is 6.07 Å². The molecule has 0 heterocycles. The highest BCUT2D eigenvalue weighted by atomic mass is 35.5. The third-order valence-electron chi connectivity index (χ3n) is 4.25. The van der Waals surface area contributed by atoms with Gasteiger partial charge in [-0.25, -0.2) is 4.79 Å². The van der Waals surface area contributed by atoms with E-state index in [9.17, 15) is 14.7 Å². The average molecular weight is 395 g/mol. The van der Waals surface area contributed by atoms with Crippen LogP contribution in [0.2, 0.25) is 5.02 Å². The second kappa shape index (κ2) is 8.59. The van der Waals surface area contributed by atoms with Crippen molar-refractivity contribution in [1.29, 1.82) is 0 Å².